The van der Waals surface area contributed by atoms with Crippen LogP contribution < -0.4 is 14.5 Å². The van der Waals surface area contributed by atoms with Gasteiger partial charge in [-0.15, -0.1) is 0 Å². The fourth-order valence-corrected chi connectivity index (χ4v) is 2.09. The molecule has 0 fully saturated rings. The van der Waals surface area contributed by atoms with Gasteiger partial charge in [-0.2, -0.15) is 0 Å². The standard InChI is InChI=1S/C14H12NO2Se/c1-17-12-8-4-3-7-11(12)15-14(16)10-6-2-5-9-13(10)18/h2-9H,1H3,(H,15,16). The van der Waals surface area contributed by atoms with Crippen LogP contribution in [0.5, 0.6) is 5.75 Å². The fourth-order valence-electron chi connectivity index (χ4n) is 1.59. The minimum absolute atomic E-state index is 0.158. The van der Waals surface area contributed by atoms with Crippen molar-refractivity contribution < 1.29 is 9.53 Å². The van der Waals surface area contributed by atoms with Crippen LogP contribution in [0.1, 0.15) is 10.4 Å². The zero-order chi connectivity index (χ0) is 13.0. The second-order valence-corrected chi connectivity index (χ2v) is 4.57. The summed E-state index contributed by atoms with van der Waals surface area (Å²) < 4.78 is 6.01. The summed E-state index contributed by atoms with van der Waals surface area (Å²) in [5.41, 5.74) is 1.27. The Kier molecular flexibility index (Phi) is 4.03. The van der Waals surface area contributed by atoms with Gasteiger partial charge in [0, 0.05) is 0 Å². The maximum atomic E-state index is 12.1. The number of para-hydroxylation sites is 2. The molecule has 0 aliphatic rings. The quantitative estimate of drug-likeness (QED) is 0.877. The number of hydrogen-bond donors (Lipinski definition) is 1. The zero-order valence-electron chi connectivity index (χ0n) is 9.84. The van der Waals surface area contributed by atoms with Gasteiger partial charge in [-0.3, -0.25) is 0 Å². The Labute approximate surface area is 114 Å². The van der Waals surface area contributed by atoms with Gasteiger partial charge in [-0.25, -0.2) is 0 Å². The van der Waals surface area contributed by atoms with Gasteiger partial charge in [-0.05, 0) is 0 Å². The molecule has 2 rings (SSSR count). The zero-order valence-corrected chi connectivity index (χ0v) is 11.6. The summed E-state index contributed by atoms with van der Waals surface area (Å²) in [5, 5.41) is 2.83. The van der Waals surface area contributed by atoms with Crippen LogP contribution in [0.25, 0.3) is 0 Å². The first kappa shape index (κ1) is 12.7. The summed E-state index contributed by atoms with van der Waals surface area (Å²) in [6, 6.07) is 14.7. The molecule has 3 nitrogen and oxygen atoms in total. The SMILES string of the molecule is COc1ccccc1NC(=O)c1ccccc1[Se]. The average molecular weight is 305 g/mol. The van der Waals surface area contributed by atoms with Gasteiger partial charge in [0.2, 0.25) is 0 Å². The van der Waals surface area contributed by atoms with E-state index in [0.29, 0.717) is 17.0 Å². The normalized spacial score (nSPS) is 9.83. The molecule has 1 N–H and O–H groups in total. The summed E-state index contributed by atoms with van der Waals surface area (Å²) in [7, 11) is 1.58. The van der Waals surface area contributed by atoms with E-state index in [1.807, 2.05) is 30.3 Å². The summed E-state index contributed by atoms with van der Waals surface area (Å²) in [6.07, 6.45) is 0. The van der Waals surface area contributed by atoms with Crippen LogP contribution in [0.15, 0.2) is 48.5 Å². The van der Waals surface area contributed by atoms with Crippen molar-refractivity contribution in [1.82, 2.24) is 0 Å². The number of amides is 1. The molecule has 0 aromatic heterocycles. The molecule has 1 radical (unpaired) electrons. The van der Waals surface area contributed by atoms with Crippen molar-refractivity contribution in [1.29, 1.82) is 0 Å². The summed E-state index contributed by atoms with van der Waals surface area (Å²) in [6.45, 7) is 0. The van der Waals surface area contributed by atoms with Crippen molar-refractivity contribution in [3.8, 4) is 5.75 Å². The first-order chi connectivity index (χ1) is 8.72. The number of hydrogen-bond acceptors (Lipinski definition) is 2. The second-order valence-electron chi connectivity index (χ2n) is 3.65. The molecule has 0 unspecified atom stereocenters. The molecule has 0 aliphatic heterocycles. The van der Waals surface area contributed by atoms with Crippen molar-refractivity contribution in [3.63, 3.8) is 0 Å². The molecule has 0 bridgehead atoms. The first-order valence-corrected chi connectivity index (χ1v) is 6.28. The van der Waals surface area contributed by atoms with E-state index in [1.165, 1.54) is 0 Å². The molecular formula is C14H12NO2Se. The summed E-state index contributed by atoms with van der Waals surface area (Å²) >= 11 is 2.87. The number of carbonyl (C=O) groups is 1. The second kappa shape index (κ2) is 5.71. The number of carbonyl (C=O) groups excluding carboxylic acids is 1. The Morgan fingerprint density at radius 1 is 1.11 bits per heavy atom. The molecule has 0 saturated carbocycles. The van der Waals surface area contributed by atoms with Crippen LogP contribution in [0.2, 0.25) is 0 Å². The monoisotopic (exact) mass is 306 g/mol. The number of rotatable bonds is 3. The Balaban J connectivity index is 2.24. The molecule has 4 heteroatoms. The molecule has 18 heavy (non-hydrogen) atoms. The third-order valence-corrected chi connectivity index (χ3v) is 3.23. The van der Waals surface area contributed by atoms with Crippen molar-refractivity contribution in [2.24, 2.45) is 0 Å². The van der Waals surface area contributed by atoms with E-state index < -0.39 is 0 Å². The molecule has 0 heterocycles. The van der Waals surface area contributed by atoms with Gasteiger partial charge in [0.15, 0.2) is 0 Å². The third-order valence-electron chi connectivity index (χ3n) is 2.49. The summed E-state index contributed by atoms with van der Waals surface area (Å²) in [4.78, 5) is 12.1. The molecular weight excluding hydrogens is 293 g/mol. The Bertz CT molecular complexity index is 569. The van der Waals surface area contributed by atoms with E-state index in [0.717, 1.165) is 4.46 Å². The topological polar surface area (TPSA) is 38.3 Å². The van der Waals surface area contributed by atoms with Crippen molar-refractivity contribution >= 4 is 32.1 Å². The van der Waals surface area contributed by atoms with E-state index in [9.17, 15) is 4.79 Å². The molecule has 0 atom stereocenters. The van der Waals surface area contributed by atoms with Crippen LogP contribution in [0.4, 0.5) is 5.69 Å². The van der Waals surface area contributed by atoms with E-state index in [1.54, 1.807) is 25.3 Å². The van der Waals surface area contributed by atoms with E-state index in [-0.39, 0.29) is 5.91 Å². The van der Waals surface area contributed by atoms with Crippen LogP contribution in [-0.4, -0.2) is 29.0 Å². The molecule has 2 aromatic rings. The van der Waals surface area contributed by atoms with Crippen LogP contribution in [-0.2, 0) is 0 Å². The molecule has 0 saturated heterocycles. The predicted octanol–water partition coefficient (Wildman–Crippen LogP) is 1.74. The third kappa shape index (κ3) is 2.73. The molecule has 2 aromatic carbocycles. The number of anilines is 1. The van der Waals surface area contributed by atoms with Crippen molar-refractivity contribution in [2.75, 3.05) is 12.4 Å². The van der Waals surface area contributed by atoms with Crippen molar-refractivity contribution in [2.45, 2.75) is 0 Å². The fraction of sp³-hybridized carbons (Fsp3) is 0.0714. The van der Waals surface area contributed by atoms with Gasteiger partial charge >= 0.3 is 114 Å². The van der Waals surface area contributed by atoms with Crippen LogP contribution in [0.3, 0.4) is 0 Å². The van der Waals surface area contributed by atoms with Gasteiger partial charge < -0.3 is 0 Å². The van der Waals surface area contributed by atoms with Gasteiger partial charge in [0.1, 0.15) is 0 Å². The van der Waals surface area contributed by atoms with Crippen molar-refractivity contribution in [3.05, 3.63) is 54.1 Å². The average Bonchev–Trinajstić information content (AvgIpc) is 2.39. The minimum atomic E-state index is -0.158. The Morgan fingerprint density at radius 2 is 1.78 bits per heavy atom. The predicted molar refractivity (Wildman–Crippen MR) is 72.8 cm³/mol. The number of nitrogens with one attached hydrogen (secondary N) is 1. The maximum absolute atomic E-state index is 12.1. The first-order valence-electron chi connectivity index (χ1n) is 5.43. The number of ether oxygens (including phenoxy) is 1. The summed E-state index contributed by atoms with van der Waals surface area (Å²) in [5.74, 6) is 0.484. The van der Waals surface area contributed by atoms with Crippen LogP contribution >= 0.6 is 0 Å². The molecule has 0 aliphatic carbocycles. The van der Waals surface area contributed by atoms with E-state index in [2.05, 4.69) is 21.3 Å². The van der Waals surface area contributed by atoms with Gasteiger partial charge in [-0.1, -0.05) is 0 Å². The van der Waals surface area contributed by atoms with Gasteiger partial charge in [0.05, 0.1) is 0 Å². The number of benzene rings is 2. The van der Waals surface area contributed by atoms with Gasteiger partial charge in [0.25, 0.3) is 0 Å². The van der Waals surface area contributed by atoms with Crippen LogP contribution in [0, 0.1) is 0 Å². The number of methoxy groups -OCH3 is 1. The van der Waals surface area contributed by atoms with E-state index in [4.69, 9.17) is 4.74 Å². The molecule has 91 valence electrons. The molecule has 0 spiro atoms. The van der Waals surface area contributed by atoms with E-state index >= 15 is 0 Å². The Morgan fingerprint density at radius 3 is 2.50 bits per heavy atom. The Hall–Kier alpha value is -1.77. The molecule has 1 amide bonds.